The molecule has 0 aliphatic rings. The molecular weight excluding hydrogens is 275 g/mol. The molecule has 94 valence electrons. The van der Waals surface area contributed by atoms with Crippen molar-refractivity contribution in [1.82, 2.24) is 9.13 Å². The number of aryl methyl sites for hydroxylation is 1. The molecule has 0 spiro atoms. The molecule has 0 amide bonds. The van der Waals surface area contributed by atoms with Crippen molar-refractivity contribution < 1.29 is 4.79 Å². The van der Waals surface area contributed by atoms with E-state index in [1.807, 2.05) is 0 Å². The molecule has 0 aliphatic heterocycles. The monoisotopic (exact) mass is 284 g/mol. The van der Waals surface area contributed by atoms with Gasteiger partial charge in [-0.3, -0.25) is 9.36 Å². The first-order valence-corrected chi connectivity index (χ1v) is 5.94. The Labute approximate surface area is 113 Å². The van der Waals surface area contributed by atoms with Gasteiger partial charge in [-0.1, -0.05) is 23.2 Å². The molecule has 1 heterocycles. The summed E-state index contributed by atoms with van der Waals surface area (Å²) in [5.74, 6) is -0.232. The summed E-state index contributed by atoms with van der Waals surface area (Å²) in [6.45, 7) is -0.0406. The molecule has 1 aromatic carbocycles. The number of benzene rings is 1. The lowest BCUT2D eigenvalue weighted by Gasteiger charge is -2.04. The highest BCUT2D eigenvalue weighted by Crippen LogP contribution is 2.21. The molecule has 18 heavy (non-hydrogen) atoms. The van der Waals surface area contributed by atoms with E-state index in [4.69, 9.17) is 23.2 Å². The minimum absolute atomic E-state index is 0.0406. The predicted octanol–water partition coefficient (Wildman–Crippen LogP) is 2.38. The molecule has 0 atom stereocenters. The van der Waals surface area contributed by atoms with E-state index in [-0.39, 0.29) is 23.0 Å². The summed E-state index contributed by atoms with van der Waals surface area (Å²) in [5.41, 5.74) is 0.116. The Morgan fingerprint density at radius 2 is 2.00 bits per heavy atom. The number of hydrogen-bond acceptors (Lipinski definition) is 2. The van der Waals surface area contributed by atoms with Gasteiger partial charge < -0.3 is 4.57 Å². The molecular formula is C12H10Cl2N2O2. The number of halogens is 2. The summed E-state index contributed by atoms with van der Waals surface area (Å²) >= 11 is 11.7. The minimum atomic E-state index is -0.242. The van der Waals surface area contributed by atoms with E-state index >= 15 is 0 Å². The molecule has 4 nitrogen and oxygen atoms in total. The van der Waals surface area contributed by atoms with Crippen molar-refractivity contribution >= 4 is 29.0 Å². The van der Waals surface area contributed by atoms with Gasteiger partial charge in [0, 0.05) is 30.0 Å². The Morgan fingerprint density at radius 3 is 2.56 bits per heavy atom. The van der Waals surface area contributed by atoms with Gasteiger partial charge in [0.15, 0.2) is 5.78 Å². The van der Waals surface area contributed by atoms with Crippen LogP contribution in [-0.2, 0) is 13.6 Å². The largest absolute Gasteiger partial charge is 0.328 e. The number of imidazole rings is 1. The lowest BCUT2D eigenvalue weighted by atomic mass is 10.1. The summed E-state index contributed by atoms with van der Waals surface area (Å²) < 4.78 is 2.73. The molecule has 0 saturated heterocycles. The van der Waals surface area contributed by atoms with Crippen molar-refractivity contribution in [1.29, 1.82) is 0 Å². The second-order valence-corrected chi connectivity index (χ2v) is 4.71. The van der Waals surface area contributed by atoms with E-state index in [2.05, 4.69) is 0 Å². The third-order valence-electron chi connectivity index (χ3n) is 2.56. The van der Waals surface area contributed by atoms with Crippen LogP contribution >= 0.6 is 23.2 Å². The van der Waals surface area contributed by atoms with Crippen LogP contribution in [0, 0.1) is 0 Å². The zero-order valence-electron chi connectivity index (χ0n) is 9.56. The van der Waals surface area contributed by atoms with Crippen LogP contribution < -0.4 is 5.69 Å². The van der Waals surface area contributed by atoms with Gasteiger partial charge in [0.05, 0.1) is 11.6 Å². The summed E-state index contributed by atoms with van der Waals surface area (Å²) in [6.07, 6.45) is 3.16. The van der Waals surface area contributed by atoms with E-state index < -0.39 is 0 Å². The number of Topliss-reactive ketones (excluding diaryl/α,β-unsaturated/α-hetero) is 1. The maximum Gasteiger partial charge on any atom is 0.328 e. The molecule has 0 saturated carbocycles. The third-order valence-corrected chi connectivity index (χ3v) is 3.11. The fourth-order valence-corrected chi connectivity index (χ4v) is 2.10. The van der Waals surface area contributed by atoms with Crippen LogP contribution in [0.5, 0.6) is 0 Å². The normalized spacial score (nSPS) is 10.6. The number of rotatable bonds is 3. The van der Waals surface area contributed by atoms with Gasteiger partial charge in [0.1, 0.15) is 0 Å². The van der Waals surface area contributed by atoms with Crippen molar-refractivity contribution in [3.05, 3.63) is 56.7 Å². The summed E-state index contributed by atoms with van der Waals surface area (Å²) in [6, 6.07) is 4.65. The number of ketones is 1. The van der Waals surface area contributed by atoms with Gasteiger partial charge in [-0.05, 0) is 18.2 Å². The Morgan fingerprint density at radius 1 is 1.28 bits per heavy atom. The number of nitrogens with zero attached hydrogens (tertiary/aromatic N) is 2. The SMILES string of the molecule is Cn1ccn(CC(=O)c2ccc(Cl)cc2Cl)c1=O. The molecule has 0 fully saturated rings. The molecule has 0 radical (unpaired) electrons. The van der Waals surface area contributed by atoms with E-state index in [9.17, 15) is 9.59 Å². The summed E-state index contributed by atoms with van der Waals surface area (Å²) in [7, 11) is 1.62. The van der Waals surface area contributed by atoms with Crippen LogP contribution in [0.3, 0.4) is 0 Å². The van der Waals surface area contributed by atoms with Crippen LogP contribution in [0.2, 0.25) is 10.0 Å². The molecule has 2 aromatic rings. The summed E-state index contributed by atoms with van der Waals surface area (Å²) in [4.78, 5) is 23.6. The molecule has 0 bridgehead atoms. The standard InChI is InChI=1S/C12H10Cl2N2O2/c1-15-4-5-16(12(15)18)7-11(17)9-3-2-8(13)6-10(9)14/h2-6H,7H2,1H3. The van der Waals surface area contributed by atoms with Crippen LogP contribution in [0.4, 0.5) is 0 Å². The van der Waals surface area contributed by atoms with Crippen molar-refractivity contribution in [2.75, 3.05) is 0 Å². The van der Waals surface area contributed by atoms with Crippen molar-refractivity contribution in [3.63, 3.8) is 0 Å². The van der Waals surface area contributed by atoms with Crippen LogP contribution in [0.1, 0.15) is 10.4 Å². The first-order chi connectivity index (χ1) is 8.49. The van der Waals surface area contributed by atoms with Gasteiger partial charge >= 0.3 is 5.69 Å². The van der Waals surface area contributed by atoms with Crippen LogP contribution in [0.25, 0.3) is 0 Å². The van der Waals surface area contributed by atoms with Gasteiger partial charge in [-0.25, -0.2) is 4.79 Å². The van der Waals surface area contributed by atoms with Crippen molar-refractivity contribution in [3.8, 4) is 0 Å². The number of carbonyl (C=O) groups excluding carboxylic acids is 1. The topological polar surface area (TPSA) is 44.0 Å². The lowest BCUT2D eigenvalue weighted by molar-refractivity contribution is 0.0971. The number of carbonyl (C=O) groups is 1. The molecule has 6 heteroatoms. The first kappa shape index (κ1) is 12.9. The smallest absolute Gasteiger partial charge is 0.302 e. The zero-order chi connectivity index (χ0) is 13.3. The Kier molecular flexibility index (Phi) is 3.59. The second kappa shape index (κ2) is 5.00. The third kappa shape index (κ3) is 2.49. The average Bonchev–Trinajstić information content (AvgIpc) is 2.61. The van der Waals surface area contributed by atoms with Crippen LogP contribution in [-0.4, -0.2) is 14.9 Å². The maximum absolute atomic E-state index is 12.0. The van der Waals surface area contributed by atoms with E-state index in [1.165, 1.54) is 15.2 Å². The van der Waals surface area contributed by atoms with Crippen LogP contribution in [0.15, 0.2) is 35.4 Å². The fourth-order valence-electron chi connectivity index (χ4n) is 1.59. The quantitative estimate of drug-likeness (QED) is 0.813. The van der Waals surface area contributed by atoms with E-state index in [0.717, 1.165) is 0 Å². The second-order valence-electron chi connectivity index (χ2n) is 3.87. The molecule has 0 unspecified atom stereocenters. The fraction of sp³-hybridized carbons (Fsp3) is 0.167. The van der Waals surface area contributed by atoms with Gasteiger partial charge in [0.2, 0.25) is 0 Å². The minimum Gasteiger partial charge on any atom is -0.302 e. The lowest BCUT2D eigenvalue weighted by Crippen LogP contribution is -2.25. The van der Waals surface area contributed by atoms with Gasteiger partial charge in [-0.15, -0.1) is 0 Å². The number of hydrogen-bond donors (Lipinski definition) is 0. The Balaban J connectivity index is 2.27. The zero-order valence-corrected chi connectivity index (χ0v) is 11.1. The predicted molar refractivity (Wildman–Crippen MR) is 70.5 cm³/mol. The Hall–Kier alpha value is -1.52. The van der Waals surface area contributed by atoms with Gasteiger partial charge in [0.25, 0.3) is 0 Å². The van der Waals surface area contributed by atoms with Gasteiger partial charge in [-0.2, -0.15) is 0 Å². The Bertz CT molecular complexity index is 658. The highest BCUT2D eigenvalue weighted by atomic mass is 35.5. The summed E-state index contributed by atoms with van der Waals surface area (Å²) in [5, 5.41) is 0.755. The molecule has 1 aromatic heterocycles. The maximum atomic E-state index is 12.0. The average molecular weight is 285 g/mol. The van der Waals surface area contributed by atoms with Crippen molar-refractivity contribution in [2.24, 2.45) is 7.05 Å². The molecule has 0 N–H and O–H groups in total. The highest BCUT2D eigenvalue weighted by molar-refractivity contribution is 6.36. The highest BCUT2D eigenvalue weighted by Gasteiger charge is 2.12. The van der Waals surface area contributed by atoms with E-state index in [1.54, 1.807) is 31.6 Å². The molecule has 2 rings (SSSR count). The number of aromatic nitrogens is 2. The van der Waals surface area contributed by atoms with E-state index in [0.29, 0.717) is 10.6 Å². The van der Waals surface area contributed by atoms with Crippen molar-refractivity contribution in [2.45, 2.75) is 6.54 Å². The molecule has 0 aliphatic carbocycles. The first-order valence-electron chi connectivity index (χ1n) is 5.19.